The van der Waals surface area contributed by atoms with E-state index in [2.05, 4.69) is 36.3 Å². The number of amides is 1. The van der Waals surface area contributed by atoms with Gasteiger partial charge in [0.25, 0.3) is 5.91 Å². The van der Waals surface area contributed by atoms with Crippen molar-refractivity contribution in [3.63, 3.8) is 0 Å². The van der Waals surface area contributed by atoms with E-state index in [0.717, 1.165) is 49.6 Å². The van der Waals surface area contributed by atoms with E-state index in [4.69, 9.17) is 16.3 Å². The van der Waals surface area contributed by atoms with E-state index in [-0.39, 0.29) is 29.8 Å². The molecule has 1 amide bonds. The lowest BCUT2D eigenvalue weighted by atomic mass is 9.68. The summed E-state index contributed by atoms with van der Waals surface area (Å²) in [7, 11) is 1.60. The Morgan fingerprint density at radius 2 is 1.76 bits per heavy atom. The highest BCUT2D eigenvalue weighted by atomic mass is 35.5. The molecule has 1 aliphatic heterocycles. The van der Waals surface area contributed by atoms with Crippen molar-refractivity contribution in [3.05, 3.63) is 22.7 Å². The van der Waals surface area contributed by atoms with Crippen LogP contribution in [-0.4, -0.2) is 49.6 Å². The molecule has 4 rings (SSSR count). The number of rotatable bonds is 6. The zero-order chi connectivity index (χ0) is 22.9. The van der Waals surface area contributed by atoms with Crippen LogP contribution in [0.5, 0.6) is 5.75 Å². The third kappa shape index (κ3) is 6.29. The van der Waals surface area contributed by atoms with Gasteiger partial charge in [-0.3, -0.25) is 9.69 Å². The average molecular weight is 499 g/mol. The lowest BCUT2D eigenvalue weighted by Crippen LogP contribution is -2.50. The summed E-state index contributed by atoms with van der Waals surface area (Å²) in [6.45, 7) is 9.33. The summed E-state index contributed by atoms with van der Waals surface area (Å²) in [6.07, 6.45) is 9.38. The van der Waals surface area contributed by atoms with Crippen molar-refractivity contribution in [1.82, 2.24) is 10.2 Å². The van der Waals surface area contributed by atoms with Crippen LogP contribution in [0.4, 0.5) is 5.69 Å². The maximum absolute atomic E-state index is 13.2. The number of carbonyl (C=O) groups excluding carboxylic acids is 1. The first-order chi connectivity index (χ1) is 15.2. The molecule has 2 aliphatic carbocycles. The van der Waals surface area contributed by atoms with Gasteiger partial charge in [0.1, 0.15) is 5.75 Å². The molecule has 33 heavy (non-hydrogen) atoms. The monoisotopic (exact) mass is 497 g/mol. The number of halogens is 2. The fourth-order valence-corrected chi connectivity index (χ4v) is 6.30. The van der Waals surface area contributed by atoms with Crippen molar-refractivity contribution in [2.24, 2.45) is 17.3 Å². The molecular weight excluding hydrogens is 457 g/mol. The highest BCUT2D eigenvalue weighted by Crippen LogP contribution is 2.43. The van der Waals surface area contributed by atoms with Crippen molar-refractivity contribution in [1.29, 1.82) is 0 Å². The third-order valence-corrected chi connectivity index (χ3v) is 7.90. The summed E-state index contributed by atoms with van der Waals surface area (Å²) in [5.74, 6) is 2.19. The van der Waals surface area contributed by atoms with Gasteiger partial charge in [-0.2, -0.15) is 0 Å². The van der Waals surface area contributed by atoms with E-state index in [1.807, 2.05) is 6.07 Å². The molecule has 5 nitrogen and oxygen atoms in total. The van der Waals surface area contributed by atoms with Crippen LogP contribution in [0.2, 0.25) is 5.02 Å². The van der Waals surface area contributed by atoms with Crippen LogP contribution in [0.25, 0.3) is 0 Å². The quantitative estimate of drug-likeness (QED) is 0.505. The number of carbonyl (C=O) groups is 1. The number of anilines is 1. The summed E-state index contributed by atoms with van der Waals surface area (Å²) in [5.41, 5.74) is 1.43. The molecule has 0 spiro atoms. The van der Waals surface area contributed by atoms with Gasteiger partial charge < -0.3 is 15.4 Å². The number of hydrogen-bond acceptors (Lipinski definition) is 4. The number of ether oxygens (including phenoxy) is 1. The second kappa shape index (κ2) is 11.0. The van der Waals surface area contributed by atoms with E-state index in [0.29, 0.717) is 16.3 Å². The molecule has 186 valence electrons. The topological polar surface area (TPSA) is 53.6 Å². The minimum absolute atomic E-state index is 0. The van der Waals surface area contributed by atoms with Crippen LogP contribution < -0.4 is 15.4 Å². The number of benzene rings is 1. The largest absolute Gasteiger partial charge is 0.496 e. The molecule has 1 heterocycles. The molecule has 7 heteroatoms. The number of fused-ring (bicyclic) bond motifs is 2. The van der Waals surface area contributed by atoms with E-state index >= 15 is 0 Å². The molecule has 3 fully saturated rings. The van der Waals surface area contributed by atoms with Gasteiger partial charge in [0.05, 0.1) is 23.4 Å². The van der Waals surface area contributed by atoms with Gasteiger partial charge in [0, 0.05) is 37.8 Å². The Bertz CT molecular complexity index is 804. The van der Waals surface area contributed by atoms with E-state index in [9.17, 15) is 4.79 Å². The van der Waals surface area contributed by atoms with Crippen LogP contribution in [-0.2, 0) is 0 Å². The first-order valence-electron chi connectivity index (χ1n) is 12.4. The van der Waals surface area contributed by atoms with Gasteiger partial charge in [0.15, 0.2) is 0 Å². The number of nitrogens with one attached hydrogen (secondary N) is 2. The molecule has 2 bridgehead atoms. The first kappa shape index (κ1) is 26.4. The Morgan fingerprint density at radius 3 is 2.33 bits per heavy atom. The third-order valence-electron chi connectivity index (χ3n) is 7.59. The van der Waals surface area contributed by atoms with Gasteiger partial charge in [0.2, 0.25) is 0 Å². The average Bonchev–Trinajstić information content (AvgIpc) is 3.19. The van der Waals surface area contributed by atoms with Crippen LogP contribution in [0.15, 0.2) is 12.1 Å². The van der Waals surface area contributed by atoms with Gasteiger partial charge in [-0.25, -0.2) is 0 Å². The number of nitrogens with zero attached hydrogens (tertiary/aromatic N) is 1. The normalized spacial score (nSPS) is 27.5. The maximum Gasteiger partial charge on any atom is 0.255 e. The minimum Gasteiger partial charge on any atom is -0.496 e. The van der Waals surface area contributed by atoms with Crippen LogP contribution >= 0.6 is 24.0 Å². The molecule has 1 saturated heterocycles. The summed E-state index contributed by atoms with van der Waals surface area (Å²) in [6, 6.07) is 4.50. The molecule has 1 aromatic rings. The molecule has 1 aromatic carbocycles. The molecule has 2 N–H and O–H groups in total. The Balaban J connectivity index is 0.00000306. The molecule has 0 radical (unpaired) electrons. The fraction of sp³-hybridized carbons (Fsp3) is 0.731. The predicted molar refractivity (Wildman–Crippen MR) is 139 cm³/mol. The SMILES string of the molecule is COc1cc(NCC(C)(C)C)c(Cl)cc1C(=O)N[C@H]1CCN(C2C3CCCC2CCC3)C1.Cl. The smallest absolute Gasteiger partial charge is 0.255 e. The number of hydrogen-bond donors (Lipinski definition) is 2. The number of methoxy groups -OCH3 is 1. The molecule has 2 saturated carbocycles. The zero-order valence-electron chi connectivity index (χ0n) is 20.6. The second-order valence-electron chi connectivity index (χ2n) is 11.3. The summed E-state index contributed by atoms with van der Waals surface area (Å²) in [4.78, 5) is 15.8. The summed E-state index contributed by atoms with van der Waals surface area (Å²) < 4.78 is 5.56. The number of likely N-dealkylation sites (tertiary alicyclic amines) is 1. The van der Waals surface area contributed by atoms with Gasteiger partial charge >= 0.3 is 0 Å². The molecule has 0 unspecified atom stereocenters. The van der Waals surface area contributed by atoms with E-state index in [1.165, 1.54) is 38.5 Å². The van der Waals surface area contributed by atoms with Crippen molar-refractivity contribution in [2.75, 3.05) is 32.1 Å². The Kier molecular flexibility index (Phi) is 8.85. The zero-order valence-corrected chi connectivity index (χ0v) is 22.2. The molecule has 1 atom stereocenters. The lowest BCUT2D eigenvalue weighted by Gasteiger charge is -2.47. The predicted octanol–water partition coefficient (Wildman–Crippen LogP) is 6.00. The van der Waals surface area contributed by atoms with Gasteiger partial charge in [-0.15, -0.1) is 12.4 Å². The van der Waals surface area contributed by atoms with E-state index in [1.54, 1.807) is 13.2 Å². The highest BCUT2D eigenvalue weighted by molar-refractivity contribution is 6.33. The van der Waals surface area contributed by atoms with Crippen LogP contribution in [0.3, 0.4) is 0 Å². The van der Waals surface area contributed by atoms with Gasteiger partial charge in [-0.1, -0.05) is 45.2 Å². The summed E-state index contributed by atoms with van der Waals surface area (Å²) >= 11 is 6.52. The molecular formula is C26H41Cl2N3O2. The highest BCUT2D eigenvalue weighted by Gasteiger charge is 2.42. The lowest BCUT2D eigenvalue weighted by molar-refractivity contribution is 0.0346. The fourth-order valence-electron chi connectivity index (χ4n) is 6.07. The Hall–Kier alpha value is -1.17. The molecule has 0 aromatic heterocycles. The van der Waals surface area contributed by atoms with Crippen molar-refractivity contribution < 1.29 is 9.53 Å². The van der Waals surface area contributed by atoms with Crippen molar-refractivity contribution >= 4 is 35.6 Å². The van der Waals surface area contributed by atoms with E-state index < -0.39 is 0 Å². The minimum atomic E-state index is -0.0955. The molecule has 3 aliphatic rings. The van der Waals surface area contributed by atoms with Crippen LogP contribution in [0.1, 0.15) is 76.1 Å². The Labute approximate surface area is 210 Å². The van der Waals surface area contributed by atoms with Crippen molar-refractivity contribution in [2.45, 2.75) is 77.8 Å². The standard InChI is InChI=1S/C26H40ClN3O2.ClH/c1-26(2,3)16-28-22-14-23(32-4)20(13-21(22)27)25(31)29-19-11-12-30(15-19)24-17-7-5-8-18(24)10-6-9-17;/h13-14,17-19,24,28H,5-12,15-16H2,1-4H3,(H,29,31);1H/t17?,18?,19-,24?;/m0./s1. The van der Waals surface area contributed by atoms with Crippen LogP contribution in [0, 0.1) is 17.3 Å². The Morgan fingerprint density at radius 1 is 1.12 bits per heavy atom. The van der Waals surface area contributed by atoms with Crippen molar-refractivity contribution in [3.8, 4) is 5.75 Å². The van der Waals surface area contributed by atoms with Gasteiger partial charge in [-0.05, 0) is 55.4 Å². The summed E-state index contributed by atoms with van der Waals surface area (Å²) in [5, 5.41) is 7.19. The maximum atomic E-state index is 13.2. The second-order valence-corrected chi connectivity index (χ2v) is 11.7. The first-order valence-corrected chi connectivity index (χ1v) is 12.8.